The minimum absolute atomic E-state index is 0.860. The number of hydrogen-bond acceptors (Lipinski definition) is 0. The van der Waals surface area contributed by atoms with Gasteiger partial charge < -0.3 is 0 Å². The summed E-state index contributed by atoms with van der Waals surface area (Å²) >= 11 is 0. The number of rotatable bonds is 1. The van der Waals surface area contributed by atoms with Crippen molar-refractivity contribution in [1.82, 2.24) is 0 Å². The Morgan fingerprint density at radius 2 is 1.80 bits per heavy atom. The van der Waals surface area contributed by atoms with Gasteiger partial charge in [0.2, 0.25) is 0 Å². The lowest BCUT2D eigenvalue weighted by atomic mass is 9.51. The Morgan fingerprint density at radius 1 is 1.07 bits per heavy atom. The summed E-state index contributed by atoms with van der Waals surface area (Å²) in [5.74, 6) is 8.92. The fourth-order valence-corrected chi connectivity index (χ4v) is 7.04. The van der Waals surface area contributed by atoms with Gasteiger partial charge in [0.25, 0.3) is 0 Å². The van der Waals surface area contributed by atoms with Crippen LogP contribution >= 0.6 is 0 Å². The summed E-state index contributed by atoms with van der Waals surface area (Å²) in [6.07, 6.45) is 3.04. The first kappa shape index (κ1) is 9.07. The smallest absolute Gasteiger partial charge is 0.0203 e. The summed E-state index contributed by atoms with van der Waals surface area (Å²) in [6.45, 7) is 10.1. The van der Waals surface area contributed by atoms with Crippen LogP contribution in [0, 0.1) is 52.8 Å². The first-order chi connectivity index (χ1) is 7.14. The third-order valence-corrected chi connectivity index (χ3v) is 7.44. The van der Waals surface area contributed by atoms with Crippen LogP contribution in [0.15, 0.2) is 0 Å². The van der Waals surface area contributed by atoms with E-state index in [0.717, 1.165) is 40.9 Å². The van der Waals surface area contributed by atoms with Crippen molar-refractivity contribution in [3.05, 3.63) is 0 Å². The standard InChI is InChI=1S/C15H24/c1-5-15-9(4)12-8(3)11-7(2)6-10(11)13(15)14(12)15/h7-14H,5-6H2,1-4H3. The van der Waals surface area contributed by atoms with Crippen LogP contribution < -0.4 is 0 Å². The van der Waals surface area contributed by atoms with Gasteiger partial charge >= 0.3 is 0 Å². The third-order valence-electron chi connectivity index (χ3n) is 7.44. The molecule has 0 bridgehead atoms. The Balaban J connectivity index is 1.72. The summed E-state index contributed by atoms with van der Waals surface area (Å²) in [5, 5.41) is 0. The van der Waals surface area contributed by atoms with Crippen molar-refractivity contribution in [3.63, 3.8) is 0 Å². The third kappa shape index (κ3) is 0.666. The molecular weight excluding hydrogens is 180 g/mol. The lowest BCUT2D eigenvalue weighted by molar-refractivity contribution is -0.0637. The minimum Gasteiger partial charge on any atom is -0.0648 e. The minimum atomic E-state index is 0.860. The molecule has 0 aromatic carbocycles. The molecular formula is C15H24. The molecule has 84 valence electrons. The van der Waals surface area contributed by atoms with Crippen LogP contribution in [0.4, 0.5) is 0 Å². The molecule has 0 radical (unpaired) electrons. The molecule has 0 N–H and O–H groups in total. The van der Waals surface area contributed by atoms with Crippen molar-refractivity contribution in [2.75, 3.05) is 0 Å². The van der Waals surface area contributed by atoms with Crippen molar-refractivity contribution in [2.45, 2.75) is 40.5 Å². The SMILES string of the molecule is CCC12C(C)C3C(C)C4C(C)CC4C1C32. The topological polar surface area (TPSA) is 0 Å². The molecule has 0 heteroatoms. The monoisotopic (exact) mass is 204 g/mol. The largest absolute Gasteiger partial charge is 0.0648 e. The first-order valence-electron chi connectivity index (χ1n) is 7.14. The van der Waals surface area contributed by atoms with E-state index in [0.29, 0.717) is 0 Å². The molecule has 0 nitrogen and oxygen atoms in total. The Kier molecular flexibility index (Phi) is 1.40. The maximum atomic E-state index is 2.57. The molecule has 9 atom stereocenters. The van der Waals surface area contributed by atoms with Crippen LogP contribution in [0.5, 0.6) is 0 Å². The van der Waals surface area contributed by atoms with Gasteiger partial charge in [0.15, 0.2) is 0 Å². The van der Waals surface area contributed by atoms with Gasteiger partial charge in [0.1, 0.15) is 0 Å². The molecule has 4 aliphatic rings. The zero-order chi connectivity index (χ0) is 10.5. The Bertz CT molecular complexity index is 318. The quantitative estimate of drug-likeness (QED) is 0.609. The van der Waals surface area contributed by atoms with E-state index in [1.54, 1.807) is 6.42 Å². The van der Waals surface area contributed by atoms with Gasteiger partial charge in [-0.2, -0.15) is 0 Å². The van der Waals surface area contributed by atoms with Crippen molar-refractivity contribution in [2.24, 2.45) is 52.8 Å². The summed E-state index contributed by atoms with van der Waals surface area (Å²) in [7, 11) is 0. The normalized spacial score (nSPS) is 73.6. The van der Waals surface area contributed by atoms with Gasteiger partial charge in [0, 0.05) is 0 Å². The maximum Gasteiger partial charge on any atom is -0.0203 e. The molecule has 0 spiro atoms. The second-order valence-electron chi connectivity index (χ2n) is 7.20. The number of fused-ring (bicyclic) bond motifs is 3. The van der Waals surface area contributed by atoms with Gasteiger partial charge in [0.05, 0.1) is 0 Å². The predicted molar refractivity (Wildman–Crippen MR) is 62.3 cm³/mol. The molecule has 4 rings (SSSR count). The van der Waals surface area contributed by atoms with E-state index < -0.39 is 0 Å². The molecule has 15 heavy (non-hydrogen) atoms. The Hall–Kier alpha value is 0. The van der Waals surface area contributed by atoms with Crippen molar-refractivity contribution >= 4 is 0 Å². The molecule has 0 amide bonds. The van der Waals surface area contributed by atoms with Crippen molar-refractivity contribution < 1.29 is 0 Å². The Morgan fingerprint density at radius 3 is 2.40 bits per heavy atom. The van der Waals surface area contributed by atoms with Crippen molar-refractivity contribution in [1.29, 1.82) is 0 Å². The molecule has 0 heterocycles. The van der Waals surface area contributed by atoms with Gasteiger partial charge in [-0.3, -0.25) is 0 Å². The van der Waals surface area contributed by atoms with E-state index >= 15 is 0 Å². The predicted octanol–water partition coefficient (Wildman–Crippen LogP) is 3.82. The van der Waals surface area contributed by atoms with E-state index in [4.69, 9.17) is 0 Å². The van der Waals surface area contributed by atoms with E-state index in [2.05, 4.69) is 27.7 Å². The molecule has 4 saturated carbocycles. The van der Waals surface area contributed by atoms with Gasteiger partial charge in [-0.15, -0.1) is 0 Å². The average molecular weight is 204 g/mol. The highest BCUT2D eigenvalue weighted by atomic mass is 14.9. The highest BCUT2D eigenvalue weighted by molar-refractivity contribution is 5.31. The van der Waals surface area contributed by atoms with Crippen LogP contribution in [-0.4, -0.2) is 0 Å². The molecule has 4 fully saturated rings. The summed E-state index contributed by atoms with van der Waals surface area (Å²) in [5.41, 5.74) is 0.860. The molecule has 4 aliphatic carbocycles. The van der Waals surface area contributed by atoms with Gasteiger partial charge in [-0.25, -0.2) is 0 Å². The Labute approximate surface area is 93.8 Å². The van der Waals surface area contributed by atoms with E-state index in [-0.39, 0.29) is 0 Å². The molecule has 0 aromatic rings. The molecule has 9 unspecified atom stereocenters. The maximum absolute atomic E-state index is 2.57. The fourth-order valence-electron chi connectivity index (χ4n) is 7.04. The van der Waals surface area contributed by atoms with Crippen LogP contribution in [0.25, 0.3) is 0 Å². The highest BCUT2D eigenvalue weighted by Crippen LogP contribution is 2.88. The van der Waals surface area contributed by atoms with Gasteiger partial charge in [-0.1, -0.05) is 27.7 Å². The van der Waals surface area contributed by atoms with Crippen LogP contribution in [0.1, 0.15) is 40.5 Å². The fraction of sp³-hybridized carbons (Fsp3) is 1.00. The van der Waals surface area contributed by atoms with Crippen LogP contribution in [0.2, 0.25) is 0 Å². The summed E-state index contributed by atoms with van der Waals surface area (Å²) < 4.78 is 0. The summed E-state index contributed by atoms with van der Waals surface area (Å²) in [4.78, 5) is 0. The lowest BCUT2D eigenvalue weighted by Crippen LogP contribution is -2.49. The van der Waals surface area contributed by atoms with Crippen molar-refractivity contribution in [3.8, 4) is 0 Å². The van der Waals surface area contributed by atoms with E-state index in [9.17, 15) is 0 Å². The number of hydrogen-bond donors (Lipinski definition) is 0. The highest BCUT2D eigenvalue weighted by Gasteiger charge is 2.84. The zero-order valence-electron chi connectivity index (χ0n) is 10.5. The second kappa shape index (κ2) is 2.31. The molecule has 0 aromatic heterocycles. The average Bonchev–Trinajstić information content (AvgIpc) is 2.78. The molecule has 0 saturated heterocycles. The molecule has 0 aliphatic heterocycles. The van der Waals surface area contributed by atoms with Crippen LogP contribution in [0.3, 0.4) is 0 Å². The van der Waals surface area contributed by atoms with Gasteiger partial charge in [-0.05, 0) is 65.6 Å². The van der Waals surface area contributed by atoms with E-state index in [1.165, 1.54) is 18.3 Å². The van der Waals surface area contributed by atoms with Crippen LogP contribution in [-0.2, 0) is 0 Å². The summed E-state index contributed by atoms with van der Waals surface area (Å²) in [6, 6.07) is 0. The zero-order valence-corrected chi connectivity index (χ0v) is 10.5. The van der Waals surface area contributed by atoms with E-state index in [1.807, 2.05) is 0 Å². The second-order valence-corrected chi connectivity index (χ2v) is 7.20. The lowest BCUT2D eigenvalue weighted by Gasteiger charge is -2.54. The first-order valence-corrected chi connectivity index (χ1v) is 7.14.